The van der Waals surface area contributed by atoms with Gasteiger partial charge in [0.05, 0.1) is 18.1 Å². The van der Waals surface area contributed by atoms with Crippen molar-refractivity contribution < 1.29 is 4.74 Å². The van der Waals surface area contributed by atoms with Crippen molar-refractivity contribution in [2.75, 3.05) is 19.0 Å². The molecule has 0 atom stereocenters. The highest BCUT2D eigenvalue weighted by Gasteiger charge is 2.01. The van der Waals surface area contributed by atoms with Gasteiger partial charge in [0.1, 0.15) is 5.75 Å². The molecule has 0 aromatic heterocycles. The molecule has 0 saturated heterocycles. The van der Waals surface area contributed by atoms with Crippen LogP contribution in [0.4, 0.5) is 5.69 Å². The Morgan fingerprint density at radius 2 is 2.33 bits per heavy atom. The van der Waals surface area contributed by atoms with Crippen LogP contribution in [-0.2, 0) is 0 Å². The van der Waals surface area contributed by atoms with Gasteiger partial charge >= 0.3 is 0 Å². The maximum atomic E-state index is 5.74. The van der Waals surface area contributed by atoms with Crippen molar-refractivity contribution in [1.29, 1.82) is 0 Å². The highest BCUT2D eigenvalue weighted by molar-refractivity contribution is 9.10. The molecular weight excluding hydrogens is 301 g/mol. The first-order valence-corrected chi connectivity index (χ1v) is 5.80. The number of rotatable bonds is 4. The van der Waals surface area contributed by atoms with E-state index < -0.39 is 0 Å². The number of anilines is 1. The summed E-state index contributed by atoms with van der Waals surface area (Å²) >= 11 is 14.6. The number of nitrogens with one attached hydrogen (secondary N) is 1. The third-order valence-corrected chi connectivity index (χ3v) is 2.97. The van der Waals surface area contributed by atoms with Crippen molar-refractivity contribution >= 4 is 44.8 Å². The molecule has 1 N–H and O–H groups in total. The average molecular weight is 311 g/mol. The van der Waals surface area contributed by atoms with Gasteiger partial charge in [-0.25, -0.2) is 0 Å². The molecule has 0 spiro atoms. The Hall–Kier alpha value is -0.380. The lowest BCUT2D eigenvalue weighted by Crippen LogP contribution is -2.01. The summed E-state index contributed by atoms with van der Waals surface area (Å²) < 4.78 is 6.00. The zero-order valence-corrected chi connectivity index (χ0v) is 11.2. The minimum absolute atomic E-state index is 0.504. The van der Waals surface area contributed by atoms with Gasteiger partial charge in [0.25, 0.3) is 0 Å². The number of methoxy groups -OCH3 is 1. The molecule has 0 radical (unpaired) electrons. The van der Waals surface area contributed by atoms with Gasteiger partial charge in [0, 0.05) is 16.3 Å². The summed E-state index contributed by atoms with van der Waals surface area (Å²) in [7, 11) is 1.63. The first kappa shape index (κ1) is 12.7. The van der Waals surface area contributed by atoms with E-state index in [1.165, 1.54) is 5.54 Å². The van der Waals surface area contributed by atoms with Crippen LogP contribution in [0, 0.1) is 0 Å². The van der Waals surface area contributed by atoms with E-state index in [1.807, 2.05) is 18.2 Å². The number of hydrogen-bond donors (Lipinski definition) is 1. The third-order valence-electron chi connectivity index (χ3n) is 1.73. The Labute approximate surface area is 107 Å². The van der Waals surface area contributed by atoms with E-state index in [-0.39, 0.29) is 0 Å². The van der Waals surface area contributed by atoms with Crippen molar-refractivity contribution in [1.82, 2.24) is 0 Å². The van der Waals surface area contributed by atoms with Gasteiger partial charge in [0.15, 0.2) is 0 Å². The number of ether oxygens (including phenoxy) is 1. The predicted octanol–water partition coefficient (Wildman–Crippen LogP) is 4.19. The number of hydrogen-bond acceptors (Lipinski definition) is 2. The Balaban J connectivity index is 2.67. The molecule has 0 saturated carbocycles. The second-order valence-electron chi connectivity index (χ2n) is 2.76. The van der Waals surface area contributed by atoms with Crippen molar-refractivity contribution in [3.63, 3.8) is 0 Å². The molecule has 2 nitrogen and oxygen atoms in total. The number of halogens is 3. The van der Waals surface area contributed by atoms with Crippen LogP contribution in [0.3, 0.4) is 0 Å². The smallest absolute Gasteiger partial charge is 0.133 e. The van der Waals surface area contributed by atoms with E-state index in [9.17, 15) is 0 Å². The first-order chi connectivity index (χ1) is 7.17. The van der Waals surface area contributed by atoms with Crippen molar-refractivity contribution in [2.24, 2.45) is 0 Å². The Kier molecular flexibility index (Phi) is 5.29. The lowest BCUT2D eigenvalue weighted by molar-refractivity contribution is 0.412. The van der Waals surface area contributed by atoms with E-state index in [1.54, 1.807) is 7.11 Å². The fourth-order valence-corrected chi connectivity index (χ4v) is 1.69. The standard InChI is InChI=1S/C10H10BrCl2NO/c1-15-10-3-2-8(4-9(10)11)14-6-7(13)5-12/h2-5,14H,6H2,1H3. The quantitative estimate of drug-likeness (QED) is 0.900. The zero-order valence-electron chi connectivity index (χ0n) is 8.06. The van der Waals surface area contributed by atoms with Gasteiger partial charge in [-0.3, -0.25) is 0 Å². The van der Waals surface area contributed by atoms with Crippen LogP contribution in [0.2, 0.25) is 0 Å². The molecule has 0 amide bonds. The summed E-state index contributed by atoms with van der Waals surface area (Å²) in [5.74, 6) is 0.791. The topological polar surface area (TPSA) is 21.3 Å². The van der Waals surface area contributed by atoms with E-state index in [2.05, 4.69) is 21.2 Å². The third kappa shape index (κ3) is 3.93. The highest BCUT2D eigenvalue weighted by atomic mass is 79.9. The van der Waals surface area contributed by atoms with Crippen molar-refractivity contribution in [3.8, 4) is 5.75 Å². The number of benzene rings is 1. The van der Waals surface area contributed by atoms with Gasteiger partial charge in [-0.1, -0.05) is 23.2 Å². The molecule has 0 unspecified atom stereocenters. The SMILES string of the molecule is COc1ccc(NCC(Cl)=CCl)cc1Br. The molecule has 0 heterocycles. The van der Waals surface area contributed by atoms with Gasteiger partial charge in [-0.2, -0.15) is 0 Å². The molecule has 15 heavy (non-hydrogen) atoms. The van der Waals surface area contributed by atoms with Gasteiger partial charge in [0.2, 0.25) is 0 Å². The maximum Gasteiger partial charge on any atom is 0.133 e. The second-order valence-corrected chi connectivity index (χ2v) is 4.32. The maximum absolute atomic E-state index is 5.74. The first-order valence-electron chi connectivity index (χ1n) is 4.19. The summed E-state index contributed by atoms with van der Waals surface area (Å²) in [5, 5.41) is 3.68. The molecule has 1 aromatic rings. The monoisotopic (exact) mass is 309 g/mol. The van der Waals surface area contributed by atoms with Crippen LogP contribution in [0.5, 0.6) is 5.75 Å². The highest BCUT2D eigenvalue weighted by Crippen LogP contribution is 2.27. The molecule has 0 fully saturated rings. The van der Waals surface area contributed by atoms with Gasteiger partial charge in [-0.15, -0.1) is 0 Å². The van der Waals surface area contributed by atoms with Crippen LogP contribution in [0.25, 0.3) is 0 Å². The molecule has 0 aliphatic carbocycles. The van der Waals surface area contributed by atoms with Crippen LogP contribution in [0.15, 0.2) is 33.2 Å². The fraction of sp³-hybridized carbons (Fsp3) is 0.200. The molecular formula is C10H10BrCl2NO. The van der Waals surface area contributed by atoms with Crippen LogP contribution < -0.4 is 10.1 Å². The van der Waals surface area contributed by atoms with E-state index in [0.717, 1.165) is 15.9 Å². The zero-order chi connectivity index (χ0) is 11.3. The summed E-state index contributed by atoms with van der Waals surface area (Å²) in [6, 6.07) is 5.68. The van der Waals surface area contributed by atoms with Gasteiger partial charge < -0.3 is 10.1 Å². The Bertz CT molecular complexity index is 368. The summed E-state index contributed by atoms with van der Waals surface area (Å²) in [4.78, 5) is 0. The van der Waals surface area contributed by atoms with Crippen molar-refractivity contribution in [2.45, 2.75) is 0 Å². The predicted molar refractivity (Wildman–Crippen MR) is 69.0 cm³/mol. The summed E-state index contributed by atoms with van der Waals surface area (Å²) in [6.07, 6.45) is 0. The fourth-order valence-electron chi connectivity index (χ4n) is 1.00. The minimum atomic E-state index is 0.504. The van der Waals surface area contributed by atoms with E-state index in [4.69, 9.17) is 27.9 Å². The molecule has 0 bridgehead atoms. The molecule has 0 aliphatic rings. The normalized spacial score (nSPS) is 11.3. The second kappa shape index (κ2) is 6.26. The van der Waals surface area contributed by atoms with Crippen LogP contribution in [-0.4, -0.2) is 13.7 Å². The van der Waals surface area contributed by atoms with Crippen molar-refractivity contribution in [3.05, 3.63) is 33.2 Å². The lowest BCUT2D eigenvalue weighted by Gasteiger charge is -2.08. The van der Waals surface area contributed by atoms with Gasteiger partial charge in [-0.05, 0) is 34.1 Å². The molecule has 1 aromatic carbocycles. The van der Waals surface area contributed by atoms with E-state index >= 15 is 0 Å². The largest absolute Gasteiger partial charge is 0.496 e. The Morgan fingerprint density at radius 1 is 1.60 bits per heavy atom. The van der Waals surface area contributed by atoms with Crippen LogP contribution >= 0.6 is 39.1 Å². The van der Waals surface area contributed by atoms with E-state index in [0.29, 0.717) is 11.6 Å². The lowest BCUT2D eigenvalue weighted by atomic mass is 10.3. The molecule has 82 valence electrons. The Morgan fingerprint density at radius 3 is 2.87 bits per heavy atom. The molecule has 5 heteroatoms. The average Bonchev–Trinajstić information content (AvgIpc) is 2.26. The molecule has 1 rings (SSSR count). The summed E-state index contributed by atoms with van der Waals surface area (Å²) in [6.45, 7) is 0.504. The molecule has 0 aliphatic heterocycles. The minimum Gasteiger partial charge on any atom is -0.496 e. The summed E-state index contributed by atoms with van der Waals surface area (Å²) in [5.41, 5.74) is 2.28. The van der Waals surface area contributed by atoms with Crippen LogP contribution in [0.1, 0.15) is 0 Å².